The van der Waals surface area contributed by atoms with E-state index in [1.54, 1.807) is 37.5 Å². The molecule has 1 heterocycles. The van der Waals surface area contributed by atoms with Crippen LogP contribution in [-0.4, -0.2) is 80.1 Å². The number of nitrogens with one attached hydrogen (secondary N) is 2. The van der Waals surface area contributed by atoms with Crippen molar-refractivity contribution in [3.63, 3.8) is 0 Å². The number of carbonyl (C=O) groups is 3. The molecule has 2 aliphatic rings. The van der Waals surface area contributed by atoms with Crippen LogP contribution < -0.4 is 20.3 Å². The highest BCUT2D eigenvalue weighted by atomic mass is 16.5. The van der Waals surface area contributed by atoms with Gasteiger partial charge in [0.15, 0.2) is 0 Å². The van der Waals surface area contributed by atoms with E-state index in [0.29, 0.717) is 36.1 Å². The first kappa shape index (κ1) is 28.0. The van der Waals surface area contributed by atoms with Crippen molar-refractivity contribution in [2.75, 3.05) is 56.6 Å². The van der Waals surface area contributed by atoms with Crippen molar-refractivity contribution in [3.05, 3.63) is 66.7 Å². The Morgan fingerprint density at radius 1 is 0.974 bits per heavy atom. The lowest BCUT2D eigenvalue weighted by Crippen LogP contribution is -2.53. The Balaban J connectivity index is 1.26. The number of nitrogens with zero attached hydrogens (tertiary/aromatic N) is 3. The van der Waals surface area contributed by atoms with Crippen molar-refractivity contribution in [2.45, 2.75) is 38.1 Å². The van der Waals surface area contributed by atoms with Crippen LogP contribution >= 0.6 is 0 Å². The molecule has 0 atom stereocenters. The monoisotopic (exact) mass is 533 g/mol. The van der Waals surface area contributed by atoms with Gasteiger partial charge in [0.2, 0.25) is 5.91 Å². The number of methoxy groups -OCH3 is 1. The molecule has 208 valence electrons. The summed E-state index contributed by atoms with van der Waals surface area (Å²) in [7, 11) is 1.57. The Bertz CT molecular complexity index is 1120. The second-order valence-electron chi connectivity index (χ2n) is 10.1. The summed E-state index contributed by atoms with van der Waals surface area (Å²) in [5.41, 5.74) is 2.18. The molecular formula is C30H39N5O4. The molecule has 9 heteroatoms. The minimum atomic E-state index is -0.288. The Kier molecular flexibility index (Phi) is 9.83. The summed E-state index contributed by atoms with van der Waals surface area (Å²) in [6, 6.07) is 14.8. The molecule has 4 amide bonds. The maximum absolute atomic E-state index is 12.9. The van der Waals surface area contributed by atoms with Crippen LogP contribution in [0.5, 0.6) is 5.75 Å². The standard InChI is InChI=1S/C30H39N5O4/c1-3-17-35(29(37)23-9-15-27(39-2)16-10-23)22-28(36)31-25-11-13-26(14-12-25)33-18-20-34(21-19-33)30(38)32-24-7-5-4-6-8-24/h3,9-16,24H,1,4-8,17-22H2,2H3,(H,31,36)(H,32,38). The first-order valence-corrected chi connectivity index (χ1v) is 13.7. The molecule has 1 saturated carbocycles. The zero-order valence-electron chi connectivity index (χ0n) is 22.7. The predicted molar refractivity (Wildman–Crippen MR) is 153 cm³/mol. The predicted octanol–water partition coefficient (Wildman–Crippen LogP) is 4.13. The van der Waals surface area contributed by atoms with Crippen LogP contribution in [0, 0.1) is 0 Å². The number of hydrogen-bond acceptors (Lipinski definition) is 5. The molecule has 2 aromatic carbocycles. The van der Waals surface area contributed by atoms with Crippen molar-refractivity contribution in [2.24, 2.45) is 0 Å². The van der Waals surface area contributed by atoms with Crippen LogP contribution in [0.2, 0.25) is 0 Å². The smallest absolute Gasteiger partial charge is 0.317 e. The van der Waals surface area contributed by atoms with E-state index in [9.17, 15) is 14.4 Å². The second kappa shape index (κ2) is 13.7. The molecule has 2 N–H and O–H groups in total. The Hall–Kier alpha value is -4.01. The van der Waals surface area contributed by atoms with Crippen LogP contribution in [0.4, 0.5) is 16.2 Å². The highest BCUT2D eigenvalue weighted by molar-refractivity contribution is 5.99. The van der Waals surface area contributed by atoms with Crippen molar-refractivity contribution >= 4 is 29.2 Å². The average Bonchev–Trinajstić information content (AvgIpc) is 2.97. The second-order valence-corrected chi connectivity index (χ2v) is 10.1. The van der Waals surface area contributed by atoms with Crippen molar-refractivity contribution in [3.8, 4) is 5.75 Å². The summed E-state index contributed by atoms with van der Waals surface area (Å²) >= 11 is 0. The number of anilines is 2. The van der Waals surface area contributed by atoms with Crippen LogP contribution in [0.15, 0.2) is 61.2 Å². The molecule has 2 aromatic rings. The Morgan fingerprint density at radius 2 is 1.64 bits per heavy atom. The summed E-state index contributed by atoms with van der Waals surface area (Å²) in [4.78, 5) is 43.9. The maximum Gasteiger partial charge on any atom is 0.317 e. The highest BCUT2D eigenvalue weighted by Gasteiger charge is 2.24. The number of benzene rings is 2. The molecule has 39 heavy (non-hydrogen) atoms. The van der Waals surface area contributed by atoms with Gasteiger partial charge in [-0.25, -0.2) is 4.79 Å². The molecule has 9 nitrogen and oxygen atoms in total. The van der Waals surface area contributed by atoms with E-state index < -0.39 is 0 Å². The third-order valence-electron chi connectivity index (χ3n) is 7.32. The summed E-state index contributed by atoms with van der Waals surface area (Å²) in [5.74, 6) is 0.115. The number of carbonyl (C=O) groups excluding carboxylic acids is 3. The fourth-order valence-corrected chi connectivity index (χ4v) is 5.10. The molecule has 1 aliphatic carbocycles. The number of urea groups is 1. The number of ether oxygens (including phenoxy) is 1. The normalized spacial score (nSPS) is 15.8. The zero-order chi connectivity index (χ0) is 27.6. The minimum Gasteiger partial charge on any atom is -0.497 e. The van der Waals surface area contributed by atoms with E-state index in [1.165, 1.54) is 24.2 Å². The molecule has 0 radical (unpaired) electrons. The van der Waals surface area contributed by atoms with Crippen LogP contribution in [0.1, 0.15) is 42.5 Å². The van der Waals surface area contributed by atoms with Crippen LogP contribution in [0.25, 0.3) is 0 Å². The topological polar surface area (TPSA) is 94.2 Å². The molecule has 0 bridgehead atoms. The molecule has 0 unspecified atom stereocenters. The summed E-state index contributed by atoms with van der Waals surface area (Å²) in [6.45, 7) is 6.75. The minimum absolute atomic E-state index is 0.0515. The molecule has 0 spiro atoms. The van der Waals surface area contributed by atoms with Gasteiger partial charge in [-0.1, -0.05) is 25.3 Å². The molecule has 1 saturated heterocycles. The molecular weight excluding hydrogens is 494 g/mol. The van der Waals surface area contributed by atoms with Crippen LogP contribution in [-0.2, 0) is 4.79 Å². The van der Waals surface area contributed by atoms with Gasteiger partial charge in [-0.15, -0.1) is 6.58 Å². The molecule has 1 aliphatic heterocycles. The van der Waals surface area contributed by atoms with E-state index in [4.69, 9.17) is 4.74 Å². The van der Waals surface area contributed by atoms with E-state index >= 15 is 0 Å². The largest absolute Gasteiger partial charge is 0.497 e. The fourth-order valence-electron chi connectivity index (χ4n) is 5.10. The van der Waals surface area contributed by atoms with Crippen molar-refractivity contribution in [1.29, 1.82) is 0 Å². The Labute approximate surface area is 230 Å². The SMILES string of the molecule is C=CCN(CC(=O)Nc1ccc(N2CCN(C(=O)NC3CCCCC3)CC2)cc1)C(=O)c1ccc(OC)cc1. The van der Waals surface area contributed by atoms with Crippen molar-refractivity contribution < 1.29 is 19.1 Å². The summed E-state index contributed by atoms with van der Waals surface area (Å²) in [6.07, 6.45) is 7.43. The van der Waals surface area contributed by atoms with Gasteiger partial charge < -0.3 is 30.1 Å². The summed E-state index contributed by atoms with van der Waals surface area (Å²) < 4.78 is 5.15. The van der Waals surface area contributed by atoms with Gasteiger partial charge in [-0.2, -0.15) is 0 Å². The molecule has 0 aromatic heterocycles. The van der Waals surface area contributed by atoms with Gasteiger partial charge >= 0.3 is 6.03 Å². The first-order valence-electron chi connectivity index (χ1n) is 13.7. The number of rotatable bonds is 9. The number of hydrogen-bond donors (Lipinski definition) is 2. The van der Waals surface area contributed by atoms with E-state index in [-0.39, 0.29) is 30.9 Å². The van der Waals surface area contributed by atoms with Gasteiger partial charge in [-0.3, -0.25) is 9.59 Å². The zero-order valence-corrected chi connectivity index (χ0v) is 22.7. The summed E-state index contributed by atoms with van der Waals surface area (Å²) in [5, 5.41) is 6.08. The average molecular weight is 534 g/mol. The van der Waals surface area contributed by atoms with E-state index in [2.05, 4.69) is 22.1 Å². The third kappa shape index (κ3) is 7.75. The highest BCUT2D eigenvalue weighted by Crippen LogP contribution is 2.21. The van der Waals surface area contributed by atoms with Gasteiger partial charge in [0.1, 0.15) is 12.3 Å². The van der Waals surface area contributed by atoms with E-state index in [1.807, 2.05) is 29.2 Å². The first-order chi connectivity index (χ1) is 19.0. The van der Waals surface area contributed by atoms with Crippen LogP contribution in [0.3, 0.4) is 0 Å². The van der Waals surface area contributed by atoms with Gasteiger partial charge in [0.05, 0.1) is 7.11 Å². The molecule has 2 fully saturated rings. The number of piperazine rings is 1. The quantitative estimate of drug-likeness (QED) is 0.473. The lowest BCUT2D eigenvalue weighted by molar-refractivity contribution is -0.116. The lowest BCUT2D eigenvalue weighted by atomic mass is 9.96. The van der Waals surface area contributed by atoms with E-state index in [0.717, 1.165) is 31.6 Å². The number of amides is 4. The lowest BCUT2D eigenvalue weighted by Gasteiger charge is -2.37. The van der Waals surface area contributed by atoms with Gasteiger partial charge in [0, 0.05) is 55.7 Å². The third-order valence-corrected chi connectivity index (χ3v) is 7.32. The van der Waals surface area contributed by atoms with Gasteiger partial charge in [-0.05, 0) is 61.4 Å². The molecule has 4 rings (SSSR count). The van der Waals surface area contributed by atoms with Gasteiger partial charge in [0.25, 0.3) is 5.91 Å². The maximum atomic E-state index is 12.9. The fraction of sp³-hybridized carbons (Fsp3) is 0.433. The Morgan fingerprint density at radius 3 is 2.26 bits per heavy atom. The van der Waals surface area contributed by atoms with Crippen molar-refractivity contribution in [1.82, 2.24) is 15.1 Å².